The largest absolute Gasteiger partial charge is 0.484 e. The highest BCUT2D eigenvalue weighted by atomic mass is 35.5. The van der Waals surface area contributed by atoms with Gasteiger partial charge in [0.15, 0.2) is 6.61 Å². The van der Waals surface area contributed by atoms with Gasteiger partial charge >= 0.3 is 0 Å². The first-order valence-corrected chi connectivity index (χ1v) is 10.3. The van der Waals surface area contributed by atoms with Crippen LogP contribution in [-0.2, 0) is 11.2 Å². The third-order valence-corrected chi connectivity index (χ3v) is 5.28. The maximum absolute atomic E-state index is 12.9. The second-order valence-corrected chi connectivity index (χ2v) is 7.37. The number of halogens is 1. The molecule has 1 N–H and O–H groups in total. The zero-order valence-electron chi connectivity index (χ0n) is 16.9. The molecule has 0 aliphatic heterocycles. The van der Waals surface area contributed by atoms with Gasteiger partial charge in [0.1, 0.15) is 17.6 Å². The van der Waals surface area contributed by atoms with Crippen molar-refractivity contribution in [1.29, 1.82) is 0 Å². The Bertz CT molecular complexity index is 1310. The van der Waals surface area contributed by atoms with Gasteiger partial charge in [-0.1, -0.05) is 54.9 Å². The molecular formula is C25H20ClNO4. The first-order valence-electron chi connectivity index (χ1n) is 9.88. The first kappa shape index (κ1) is 20.7. The summed E-state index contributed by atoms with van der Waals surface area (Å²) in [5.74, 6) is 0.164. The highest BCUT2D eigenvalue weighted by Gasteiger charge is 2.13. The van der Waals surface area contributed by atoms with Crippen LogP contribution in [0.15, 0.2) is 82.2 Å². The van der Waals surface area contributed by atoms with Gasteiger partial charge in [0, 0.05) is 22.3 Å². The Morgan fingerprint density at radius 3 is 2.61 bits per heavy atom. The number of carbonyl (C=O) groups excluding carboxylic acids is 1. The third-order valence-electron chi connectivity index (χ3n) is 4.95. The maximum atomic E-state index is 12.9. The number of benzene rings is 3. The van der Waals surface area contributed by atoms with Crippen molar-refractivity contribution in [3.05, 3.63) is 93.8 Å². The van der Waals surface area contributed by atoms with Crippen molar-refractivity contribution in [3.63, 3.8) is 0 Å². The topological polar surface area (TPSA) is 68.5 Å². The number of ether oxygens (including phenoxy) is 1. The van der Waals surface area contributed by atoms with E-state index in [-0.39, 0.29) is 17.9 Å². The smallest absolute Gasteiger partial charge is 0.262 e. The van der Waals surface area contributed by atoms with Gasteiger partial charge in [0.25, 0.3) is 5.91 Å². The Balaban J connectivity index is 1.51. The van der Waals surface area contributed by atoms with Crippen molar-refractivity contribution < 1.29 is 13.9 Å². The molecule has 0 aliphatic carbocycles. The zero-order chi connectivity index (χ0) is 21.8. The summed E-state index contributed by atoms with van der Waals surface area (Å²) in [7, 11) is 0. The van der Waals surface area contributed by atoms with Gasteiger partial charge in [-0.3, -0.25) is 9.59 Å². The van der Waals surface area contributed by atoms with E-state index in [4.69, 9.17) is 20.8 Å². The summed E-state index contributed by atoms with van der Waals surface area (Å²) in [5, 5.41) is 3.74. The molecule has 1 aromatic heterocycles. The number of nitrogens with one attached hydrogen (secondary N) is 1. The van der Waals surface area contributed by atoms with E-state index in [9.17, 15) is 9.59 Å². The van der Waals surface area contributed by atoms with Crippen LogP contribution in [0.1, 0.15) is 12.5 Å². The third kappa shape index (κ3) is 4.47. The minimum absolute atomic E-state index is 0.161. The Labute approximate surface area is 184 Å². The Morgan fingerprint density at radius 1 is 1.03 bits per heavy atom. The van der Waals surface area contributed by atoms with E-state index in [1.807, 2.05) is 37.3 Å². The van der Waals surface area contributed by atoms with E-state index >= 15 is 0 Å². The first-order chi connectivity index (χ1) is 15.1. The average molecular weight is 434 g/mol. The lowest BCUT2D eigenvalue weighted by Gasteiger charge is -2.11. The molecule has 0 saturated heterocycles. The van der Waals surface area contributed by atoms with E-state index in [1.54, 1.807) is 36.4 Å². The molecule has 6 heteroatoms. The highest BCUT2D eigenvalue weighted by molar-refractivity contribution is 6.33. The summed E-state index contributed by atoms with van der Waals surface area (Å²) in [6, 6.07) is 19.6. The van der Waals surface area contributed by atoms with Crippen molar-refractivity contribution in [3.8, 4) is 16.9 Å². The number of amides is 1. The molecule has 31 heavy (non-hydrogen) atoms. The molecule has 4 aromatic rings. The Kier molecular flexibility index (Phi) is 6.05. The fourth-order valence-electron chi connectivity index (χ4n) is 3.35. The van der Waals surface area contributed by atoms with Gasteiger partial charge in [0.05, 0.1) is 10.9 Å². The molecule has 5 nitrogen and oxygen atoms in total. The summed E-state index contributed by atoms with van der Waals surface area (Å²) in [4.78, 5) is 25.2. The normalized spacial score (nSPS) is 10.8. The summed E-state index contributed by atoms with van der Waals surface area (Å²) >= 11 is 6.22. The second kappa shape index (κ2) is 9.06. The van der Waals surface area contributed by atoms with E-state index in [0.29, 0.717) is 32.9 Å². The molecule has 4 rings (SSSR count). The summed E-state index contributed by atoms with van der Waals surface area (Å²) in [5.41, 5.74) is 3.02. The summed E-state index contributed by atoms with van der Waals surface area (Å²) < 4.78 is 11.3. The van der Waals surface area contributed by atoms with Crippen molar-refractivity contribution in [2.24, 2.45) is 0 Å². The standard InChI is InChI=1S/C25H20ClNO4/c1-2-16-7-3-6-10-22(16)27-24(28)15-30-17-11-12-19-23(13-17)31-14-20(25(19)29)18-8-4-5-9-21(18)26/h3-14H,2,15H2,1H3,(H,27,28). The fourth-order valence-corrected chi connectivity index (χ4v) is 3.59. The number of aryl methyl sites for hydroxylation is 1. The van der Waals surface area contributed by atoms with Gasteiger partial charge in [0.2, 0.25) is 5.43 Å². The molecule has 0 spiro atoms. The van der Waals surface area contributed by atoms with Gasteiger partial charge in [-0.25, -0.2) is 0 Å². The van der Waals surface area contributed by atoms with Gasteiger partial charge < -0.3 is 14.5 Å². The molecule has 3 aromatic carbocycles. The molecule has 0 fully saturated rings. The molecule has 1 amide bonds. The minimum Gasteiger partial charge on any atom is -0.484 e. The quantitative estimate of drug-likeness (QED) is 0.424. The van der Waals surface area contributed by atoms with Gasteiger partial charge in [-0.05, 0) is 36.2 Å². The van der Waals surface area contributed by atoms with Crippen LogP contribution in [0, 0.1) is 0 Å². The lowest BCUT2D eigenvalue weighted by Crippen LogP contribution is -2.20. The molecule has 0 aliphatic rings. The lowest BCUT2D eigenvalue weighted by atomic mass is 10.1. The zero-order valence-corrected chi connectivity index (χ0v) is 17.6. The minimum atomic E-state index is -0.267. The van der Waals surface area contributed by atoms with E-state index < -0.39 is 0 Å². The Hall–Kier alpha value is -3.57. The molecule has 0 unspecified atom stereocenters. The van der Waals surface area contributed by atoms with Crippen molar-refractivity contribution in [2.45, 2.75) is 13.3 Å². The number of carbonyl (C=O) groups is 1. The van der Waals surface area contributed by atoms with Crippen LogP contribution in [0.2, 0.25) is 5.02 Å². The number of rotatable bonds is 6. The molecule has 0 radical (unpaired) electrons. The van der Waals surface area contributed by atoms with Crippen molar-refractivity contribution in [1.82, 2.24) is 0 Å². The van der Waals surface area contributed by atoms with E-state index in [0.717, 1.165) is 17.7 Å². The lowest BCUT2D eigenvalue weighted by molar-refractivity contribution is -0.118. The summed E-state index contributed by atoms with van der Waals surface area (Å²) in [6.45, 7) is 1.87. The molecule has 0 atom stereocenters. The van der Waals surface area contributed by atoms with Crippen LogP contribution >= 0.6 is 11.6 Å². The van der Waals surface area contributed by atoms with Crippen molar-refractivity contribution in [2.75, 3.05) is 11.9 Å². The number of anilines is 1. The van der Waals surface area contributed by atoms with Gasteiger partial charge in [-0.15, -0.1) is 0 Å². The second-order valence-electron chi connectivity index (χ2n) is 6.96. The number of fused-ring (bicyclic) bond motifs is 1. The molecular weight excluding hydrogens is 414 g/mol. The van der Waals surface area contributed by atoms with E-state index in [1.165, 1.54) is 6.26 Å². The van der Waals surface area contributed by atoms with Crippen LogP contribution in [-0.4, -0.2) is 12.5 Å². The predicted octanol–water partition coefficient (Wildman–Crippen LogP) is 5.69. The predicted molar refractivity (Wildman–Crippen MR) is 123 cm³/mol. The molecule has 1 heterocycles. The van der Waals surface area contributed by atoms with Crippen molar-refractivity contribution >= 4 is 34.2 Å². The molecule has 0 bridgehead atoms. The Morgan fingerprint density at radius 2 is 1.81 bits per heavy atom. The van der Waals surface area contributed by atoms with Crippen LogP contribution in [0.3, 0.4) is 0 Å². The van der Waals surface area contributed by atoms with Crippen LogP contribution in [0.25, 0.3) is 22.1 Å². The fraction of sp³-hybridized carbons (Fsp3) is 0.120. The summed E-state index contributed by atoms with van der Waals surface area (Å²) in [6.07, 6.45) is 2.21. The van der Waals surface area contributed by atoms with E-state index in [2.05, 4.69) is 5.32 Å². The van der Waals surface area contributed by atoms with Crippen LogP contribution < -0.4 is 15.5 Å². The molecule has 156 valence electrons. The highest BCUT2D eigenvalue weighted by Crippen LogP contribution is 2.28. The van der Waals surface area contributed by atoms with Gasteiger partial charge in [-0.2, -0.15) is 0 Å². The number of para-hydroxylation sites is 1. The van der Waals surface area contributed by atoms with Crippen LogP contribution in [0.4, 0.5) is 5.69 Å². The molecule has 0 saturated carbocycles. The SMILES string of the molecule is CCc1ccccc1NC(=O)COc1ccc2c(=O)c(-c3ccccc3Cl)coc2c1. The number of hydrogen-bond acceptors (Lipinski definition) is 4. The monoisotopic (exact) mass is 433 g/mol. The maximum Gasteiger partial charge on any atom is 0.262 e. The average Bonchev–Trinajstić information content (AvgIpc) is 2.79. The van der Waals surface area contributed by atoms with Crippen LogP contribution in [0.5, 0.6) is 5.75 Å². The number of hydrogen-bond donors (Lipinski definition) is 1.